The summed E-state index contributed by atoms with van der Waals surface area (Å²) in [6.45, 7) is 1.96. The molecular weight excluding hydrogens is 176 g/mol. The van der Waals surface area contributed by atoms with Gasteiger partial charge < -0.3 is 9.69 Å². The summed E-state index contributed by atoms with van der Waals surface area (Å²) in [6.07, 6.45) is 6.66. The van der Waals surface area contributed by atoms with Gasteiger partial charge in [0.05, 0.1) is 0 Å². The number of anilines is 1. The van der Waals surface area contributed by atoms with Crippen LogP contribution in [0.15, 0.2) is 24.5 Å². The molecule has 0 N–H and O–H groups in total. The van der Waals surface area contributed by atoms with Gasteiger partial charge in [0.1, 0.15) is 6.29 Å². The number of rotatable bonds is 2. The topological polar surface area (TPSA) is 33.2 Å². The fourth-order valence-electron chi connectivity index (χ4n) is 1.85. The van der Waals surface area contributed by atoms with Crippen molar-refractivity contribution in [2.45, 2.75) is 12.8 Å². The highest BCUT2D eigenvalue weighted by Crippen LogP contribution is 2.21. The van der Waals surface area contributed by atoms with Crippen LogP contribution >= 0.6 is 0 Å². The summed E-state index contributed by atoms with van der Waals surface area (Å²) in [5, 5.41) is 0. The van der Waals surface area contributed by atoms with Gasteiger partial charge in [-0.2, -0.15) is 0 Å². The third-order valence-electron chi connectivity index (χ3n) is 2.76. The van der Waals surface area contributed by atoms with E-state index in [4.69, 9.17) is 0 Å². The fraction of sp³-hybridized carbons (Fsp3) is 0.455. The maximum atomic E-state index is 10.6. The minimum absolute atomic E-state index is 0.271. The molecule has 0 amide bonds. The highest BCUT2D eigenvalue weighted by molar-refractivity contribution is 5.55. The number of pyridine rings is 1. The molecule has 0 atom stereocenters. The van der Waals surface area contributed by atoms with E-state index in [1.165, 1.54) is 5.69 Å². The number of aldehydes is 1. The van der Waals surface area contributed by atoms with Crippen molar-refractivity contribution in [2.75, 3.05) is 18.0 Å². The predicted molar refractivity (Wildman–Crippen MR) is 55.2 cm³/mol. The smallest absolute Gasteiger partial charge is 0.123 e. The number of aromatic nitrogens is 1. The number of carbonyl (C=O) groups is 1. The second kappa shape index (κ2) is 4.22. The van der Waals surface area contributed by atoms with Crippen LogP contribution in [-0.4, -0.2) is 24.4 Å². The van der Waals surface area contributed by atoms with E-state index < -0.39 is 0 Å². The van der Waals surface area contributed by atoms with E-state index in [1.807, 2.05) is 12.1 Å². The lowest BCUT2D eigenvalue weighted by Crippen LogP contribution is -2.33. The van der Waals surface area contributed by atoms with Crippen molar-refractivity contribution in [1.82, 2.24) is 4.98 Å². The Bertz CT molecular complexity index is 291. The summed E-state index contributed by atoms with van der Waals surface area (Å²) in [5.41, 5.74) is 1.21. The molecule has 1 aromatic heterocycles. The van der Waals surface area contributed by atoms with Crippen LogP contribution in [0.4, 0.5) is 5.69 Å². The predicted octanol–water partition coefficient (Wildman–Crippen LogP) is 1.50. The van der Waals surface area contributed by atoms with E-state index in [-0.39, 0.29) is 5.92 Å². The van der Waals surface area contributed by atoms with E-state index in [0.29, 0.717) is 0 Å². The average Bonchev–Trinajstić information content (AvgIpc) is 2.30. The molecule has 0 bridgehead atoms. The van der Waals surface area contributed by atoms with E-state index in [9.17, 15) is 4.79 Å². The van der Waals surface area contributed by atoms with Crippen LogP contribution in [0.3, 0.4) is 0 Å². The second-order valence-corrected chi connectivity index (χ2v) is 3.67. The lowest BCUT2D eigenvalue weighted by atomic mass is 9.98. The molecule has 0 spiro atoms. The highest BCUT2D eigenvalue weighted by atomic mass is 16.1. The normalized spacial score (nSPS) is 18.1. The van der Waals surface area contributed by atoms with Gasteiger partial charge in [-0.3, -0.25) is 4.98 Å². The number of nitrogens with zero attached hydrogens (tertiary/aromatic N) is 2. The van der Waals surface area contributed by atoms with Gasteiger partial charge in [0, 0.05) is 37.1 Å². The van der Waals surface area contributed by atoms with E-state index >= 15 is 0 Å². The molecule has 0 radical (unpaired) electrons. The van der Waals surface area contributed by atoms with Gasteiger partial charge in [-0.05, 0) is 25.0 Å². The molecule has 14 heavy (non-hydrogen) atoms. The molecule has 1 aromatic rings. The Morgan fingerprint density at radius 1 is 1.29 bits per heavy atom. The maximum Gasteiger partial charge on any atom is 0.123 e. The van der Waals surface area contributed by atoms with Crippen molar-refractivity contribution in [2.24, 2.45) is 5.92 Å². The molecule has 2 heterocycles. The van der Waals surface area contributed by atoms with Crippen LogP contribution in [0.5, 0.6) is 0 Å². The molecule has 1 fully saturated rings. The molecule has 3 heteroatoms. The molecule has 0 aromatic carbocycles. The summed E-state index contributed by atoms with van der Waals surface area (Å²) in [5.74, 6) is 0.271. The Morgan fingerprint density at radius 3 is 2.50 bits per heavy atom. The molecule has 74 valence electrons. The van der Waals surface area contributed by atoms with Crippen molar-refractivity contribution in [1.29, 1.82) is 0 Å². The van der Waals surface area contributed by atoms with Gasteiger partial charge in [-0.15, -0.1) is 0 Å². The largest absolute Gasteiger partial charge is 0.371 e. The van der Waals surface area contributed by atoms with Crippen LogP contribution in [-0.2, 0) is 4.79 Å². The minimum atomic E-state index is 0.271. The van der Waals surface area contributed by atoms with Gasteiger partial charge in [-0.25, -0.2) is 0 Å². The van der Waals surface area contributed by atoms with Crippen LogP contribution in [0, 0.1) is 5.92 Å². The maximum absolute atomic E-state index is 10.6. The molecule has 1 saturated heterocycles. The Morgan fingerprint density at radius 2 is 1.93 bits per heavy atom. The fourth-order valence-corrected chi connectivity index (χ4v) is 1.85. The third kappa shape index (κ3) is 1.92. The first kappa shape index (κ1) is 9.19. The summed E-state index contributed by atoms with van der Waals surface area (Å²) in [6, 6.07) is 4.03. The molecule has 0 aliphatic carbocycles. The zero-order chi connectivity index (χ0) is 9.80. The van der Waals surface area contributed by atoms with Crippen molar-refractivity contribution in [3.05, 3.63) is 24.5 Å². The van der Waals surface area contributed by atoms with Crippen molar-refractivity contribution in [3.63, 3.8) is 0 Å². The summed E-state index contributed by atoms with van der Waals surface area (Å²) >= 11 is 0. The first-order valence-corrected chi connectivity index (χ1v) is 5.00. The lowest BCUT2D eigenvalue weighted by molar-refractivity contribution is -0.111. The number of carbonyl (C=O) groups excluding carboxylic acids is 1. The Kier molecular flexibility index (Phi) is 2.77. The zero-order valence-electron chi connectivity index (χ0n) is 8.10. The molecule has 1 aliphatic heterocycles. The molecule has 1 aliphatic rings. The van der Waals surface area contributed by atoms with E-state index in [1.54, 1.807) is 12.4 Å². The van der Waals surface area contributed by atoms with E-state index in [2.05, 4.69) is 9.88 Å². The summed E-state index contributed by atoms with van der Waals surface area (Å²) < 4.78 is 0. The Hall–Kier alpha value is -1.38. The van der Waals surface area contributed by atoms with Crippen molar-refractivity contribution < 1.29 is 4.79 Å². The molecular formula is C11H14N2O. The quantitative estimate of drug-likeness (QED) is 0.662. The van der Waals surface area contributed by atoms with E-state index in [0.717, 1.165) is 32.2 Å². The molecule has 3 nitrogen and oxygen atoms in total. The van der Waals surface area contributed by atoms with Crippen LogP contribution in [0.1, 0.15) is 12.8 Å². The van der Waals surface area contributed by atoms with Gasteiger partial charge in [-0.1, -0.05) is 0 Å². The lowest BCUT2D eigenvalue weighted by Gasteiger charge is -2.31. The number of hydrogen-bond donors (Lipinski definition) is 0. The summed E-state index contributed by atoms with van der Waals surface area (Å²) in [7, 11) is 0. The summed E-state index contributed by atoms with van der Waals surface area (Å²) in [4.78, 5) is 16.9. The van der Waals surface area contributed by atoms with Crippen molar-refractivity contribution in [3.8, 4) is 0 Å². The molecule has 2 rings (SSSR count). The van der Waals surface area contributed by atoms with Gasteiger partial charge in [0.15, 0.2) is 0 Å². The van der Waals surface area contributed by atoms with Gasteiger partial charge in [0.2, 0.25) is 0 Å². The average molecular weight is 190 g/mol. The van der Waals surface area contributed by atoms with Crippen LogP contribution in [0.25, 0.3) is 0 Å². The van der Waals surface area contributed by atoms with Gasteiger partial charge in [0.25, 0.3) is 0 Å². The Labute approximate surface area is 83.8 Å². The van der Waals surface area contributed by atoms with Gasteiger partial charge >= 0.3 is 0 Å². The monoisotopic (exact) mass is 190 g/mol. The van der Waals surface area contributed by atoms with Crippen LogP contribution < -0.4 is 4.90 Å². The Balaban J connectivity index is 1.99. The molecule has 0 unspecified atom stereocenters. The van der Waals surface area contributed by atoms with Crippen molar-refractivity contribution >= 4 is 12.0 Å². The SMILES string of the molecule is O=CC1CCN(c2ccncc2)CC1. The first-order valence-electron chi connectivity index (χ1n) is 5.00. The number of hydrogen-bond acceptors (Lipinski definition) is 3. The second-order valence-electron chi connectivity index (χ2n) is 3.67. The van der Waals surface area contributed by atoms with Crippen LogP contribution in [0.2, 0.25) is 0 Å². The first-order chi connectivity index (χ1) is 6.90. The third-order valence-corrected chi connectivity index (χ3v) is 2.76. The molecule has 0 saturated carbocycles. The standard InChI is InChI=1S/C11H14N2O/c14-9-10-3-7-13(8-4-10)11-1-5-12-6-2-11/h1-2,5-6,9-10H,3-4,7-8H2. The number of piperidine rings is 1. The highest BCUT2D eigenvalue weighted by Gasteiger charge is 2.18. The minimum Gasteiger partial charge on any atom is -0.371 e. The zero-order valence-corrected chi connectivity index (χ0v) is 8.10.